The number of anilines is 1. The van der Waals surface area contributed by atoms with E-state index >= 15 is 0 Å². The van der Waals surface area contributed by atoms with Crippen molar-refractivity contribution in [3.63, 3.8) is 0 Å². The van der Waals surface area contributed by atoms with E-state index in [2.05, 4.69) is 26.6 Å². The summed E-state index contributed by atoms with van der Waals surface area (Å²) in [5.74, 6) is -0.0387. The fraction of sp³-hybridized carbons (Fsp3) is 0.235. The summed E-state index contributed by atoms with van der Waals surface area (Å²) in [5.41, 5.74) is 3.06. The minimum absolute atomic E-state index is 0.0387. The standard InChI is InChI=1S/C17H19BrN2O/c1-12-7-3-6-10-16(12)20-17(21)11-19-13(2)14-8-4-5-9-15(14)18/h3-10,13,19H,11H2,1-2H3,(H,20,21)/t13-/m0/s1. The van der Waals surface area contributed by atoms with Crippen LogP contribution in [0.4, 0.5) is 5.69 Å². The van der Waals surface area contributed by atoms with E-state index in [0.717, 1.165) is 21.3 Å². The predicted molar refractivity (Wildman–Crippen MR) is 90.4 cm³/mol. The van der Waals surface area contributed by atoms with Gasteiger partial charge in [-0.25, -0.2) is 0 Å². The number of nitrogens with one attached hydrogen (secondary N) is 2. The topological polar surface area (TPSA) is 41.1 Å². The monoisotopic (exact) mass is 346 g/mol. The summed E-state index contributed by atoms with van der Waals surface area (Å²) in [6, 6.07) is 15.9. The third-order valence-electron chi connectivity index (χ3n) is 3.36. The summed E-state index contributed by atoms with van der Waals surface area (Å²) in [5, 5.41) is 6.16. The van der Waals surface area contributed by atoms with Gasteiger partial charge in [0.25, 0.3) is 0 Å². The van der Waals surface area contributed by atoms with Crippen LogP contribution in [-0.4, -0.2) is 12.5 Å². The zero-order valence-electron chi connectivity index (χ0n) is 12.2. The minimum atomic E-state index is -0.0387. The number of rotatable bonds is 5. The highest BCUT2D eigenvalue weighted by atomic mass is 79.9. The molecule has 0 heterocycles. The van der Waals surface area contributed by atoms with E-state index in [-0.39, 0.29) is 18.5 Å². The fourth-order valence-corrected chi connectivity index (χ4v) is 2.72. The van der Waals surface area contributed by atoms with Crippen LogP contribution in [0.3, 0.4) is 0 Å². The highest BCUT2D eigenvalue weighted by Crippen LogP contribution is 2.22. The molecule has 0 aliphatic heterocycles. The van der Waals surface area contributed by atoms with Crippen LogP contribution >= 0.6 is 15.9 Å². The van der Waals surface area contributed by atoms with E-state index < -0.39 is 0 Å². The second-order valence-corrected chi connectivity index (χ2v) is 5.84. The predicted octanol–water partition coefficient (Wildman–Crippen LogP) is 4.05. The number of amides is 1. The van der Waals surface area contributed by atoms with Crippen molar-refractivity contribution >= 4 is 27.5 Å². The Morgan fingerprint density at radius 3 is 2.52 bits per heavy atom. The highest BCUT2D eigenvalue weighted by molar-refractivity contribution is 9.10. The average molecular weight is 347 g/mol. The number of halogens is 1. The molecule has 3 nitrogen and oxygen atoms in total. The SMILES string of the molecule is Cc1ccccc1NC(=O)CN[C@@H](C)c1ccccc1Br. The van der Waals surface area contributed by atoms with Gasteiger partial charge >= 0.3 is 0 Å². The van der Waals surface area contributed by atoms with E-state index in [1.807, 2.05) is 62.4 Å². The lowest BCUT2D eigenvalue weighted by atomic mass is 10.1. The molecule has 2 aromatic carbocycles. The van der Waals surface area contributed by atoms with Crippen molar-refractivity contribution in [3.8, 4) is 0 Å². The number of carbonyl (C=O) groups excluding carboxylic acids is 1. The van der Waals surface area contributed by atoms with Gasteiger partial charge in [-0.2, -0.15) is 0 Å². The Bertz CT molecular complexity index is 628. The van der Waals surface area contributed by atoms with E-state index in [9.17, 15) is 4.79 Å². The van der Waals surface area contributed by atoms with Crippen molar-refractivity contribution in [1.82, 2.24) is 5.32 Å². The summed E-state index contributed by atoms with van der Waals surface area (Å²) in [6.07, 6.45) is 0. The third kappa shape index (κ3) is 4.41. The van der Waals surface area contributed by atoms with Crippen LogP contribution in [-0.2, 0) is 4.79 Å². The molecule has 0 unspecified atom stereocenters. The Kier molecular flexibility index (Phi) is 5.53. The summed E-state index contributed by atoms with van der Waals surface area (Å²) in [4.78, 5) is 12.0. The second-order valence-electron chi connectivity index (χ2n) is 4.99. The summed E-state index contributed by atoms with van der Waals surface area (Å²) in [6.45, 7) is 4.30. The van der Waals surface area contributed by atoms with Gasteiger partial charge in [0.2, 0.25) is 5.91 Å². The van der Waals surface area contributed by atoms with Crippen molar-refractivity contribution in [2.24, 2.45) is 0 Å². The van der Waals surface area contributed by atoms with E-state index in [1.54, 1.807) is 0 Å². The molecule has 0 aliphatic rings. The first-order valence-corrected chi connectivity index (χ1v) is 7.70. The zero-order valence-corrected chi connectivity index (χ0v) is 13.8. The molecular formula is C17H19BrN2O. The molecular weight excluding hydrogens is 328 g/mol. The minimum Gasteiger partial charge on any atom is -0.325 e. The molecule has 2 aromatic rings. The van der Waals surface area contributed by atoms with Gasteiger partial charge < -0.3 is 10.6 Å². The van der Waals surface area contributed by atoms with Crippen LogP contribution in [0, 0.1) is 6.92 Å². The number of para-hydroxylation sites is 1. The van der Waals surface area contributed by atoms with Gasteiger partial charge in [0.1, 0.15) is 0 Å². The quantitative estimate of drug-likeness (QED) is 0.857. The van der Waals surface area contributed by atoms with Crippen molar-refractivity contribution in [3.05, 3.63) is 64.1 Å². The molecule has 110 valence electrons. The zero-order chi connectivity index (χ0) is 15.2. The largest absolute Gasteiger partial charge is 0.325 e. The maximum absolute atomic E-state index is 12.0. The van der Waals surface area contributed by atoms with Gasteiger partial charge in [-0.15, -0.1) is 0 Å². The molecule has 0 bridgehead atoms. The Balaban J connectivity index is 1.90. The third-order valence-corrected chi connectivity index (χ3v) is 4.08. The Morgan fingerprint density at radius 1 is 1.14 bits per heavy atom. The molecule has 4 heteroatoms. The molecule has 0 fully saturated rings. The van der Waals surface area contributed by atoms with Crippen molar-refractivity contribution in [2.45, 2.75) is 19.9 Å². The molecule has 2 N–H and O–H groups in total. The van der Waals surface area contributed by atoms with Crippen molar-refractivity contribution in [1.29, 1.82) is 0 Å². The fourth-order valence-electron chi connectivity index (χ4n) is 2.09. The number of hydrogen-bond acceptors (Lipinski definition) is 2. The maximum atomic E-state index is 12.0. The van der Waals surface area contributed by atoms with Crippen LogP contribution in [0.1, 0.15) is 24.1 Å². The number of aryl methyl sites for hydroxylation is 1. The maximum Gasteiger partial charge on any atom is 0.238 e. The molecule has 0 aliphatic carbocycles. The molecule has 1 atom stereocenters. The first kappa shape index (κ1) is 15.7. The van der Waals surface area contributed by atoms with Crippen molar-refractivity contribution in [2.75, 3.05) is 11.9 Å². The van der Waals surface area contributed by atoms with Gasteiger partial charge in [-0.3, -0.25) is 4.79 Å². The summed E-state index contributed by atoms with van der Waals surface area (Å²) >= 11 is 3.53. The number of carbonyl (C=O) groups is 1. The lowest BCUT2D eigenvalue weighted by Gasteiger charge is -2.16. The van der Waals surface area contributed by atoms with Gasteiger partial charge in [-0.1, -0.05) is 52.3 Å². The Hall–Kier alpha value is -1.65. The van der Waals surface area contributed by atoms with Crippen LogP contribution < -0.4 is 10.6 Å². The van der Waals surface area contributed by atoms with Gasteiger partial charge in [0.05, 0.1) is 6.54 Å². The molecule has 0 radical (unpaired) electrons. The van der Waals surface area contributed by atoms with Crippen molar-refractivity contribution < 1.29 is 4.79 Å². The number of hydrogen-bond donors (Lipinski definition) is 2. The lowest BCUT2D eigenvalue weighted by molar-refractivity contribution is -0.115. The molecule has 0 spiro atoms. The average Bonchev–Trinajstić information content (AvgIpc) is 2.48. The van der Waals surface area contributed by atoms with Crippen LogP contribution in [0.5, 0.6) is 0 Å². The Morgan fingerprint density at radius 2 is 1.81 bits per heavy atom. The van der Waals surface area contributed by atoms with Crippen LogP contribution in [0.15, 0.2) is 53.0 Å². The molecule has 0 saturated carbocycles. The number of benzene rings is 2. The molecule has 1 amide bonds. The van der Waals surface area contributed by atoms with E-state index in [0.29, 0.717) is 0 Å². The first-order valence-electron chi connectivity index (χ1n) is 6.91. The van der Waals surface area contributed by atoms with E-state index in [4.69, 9.17) is 0 Å². The smallest absolute Gasteiger partial charge is 0.238 e. The molecule has 0 aromatic heterocycles. The molecule has 21 heavy (non-hydrogen) atoms. The van der Waals surface area contributed by atoms with Crippen LogP contribution in [0.2, 0.25) is 0 Å². The van der Waals surface area contributed by atoms with Gasteiger partial charge in [0, 0.05) is 16.2 Å². The normalized spacial score (nSPS) is 12.0. The Labute approximate surface area is 133 Å². The van der Waals surface area contributed by atoms with Gasteiger partial charge in [-0.05, 0) is 37.1 Å². The highest BCUT2D eigenvalue weighted by Gasteiger charge is 2.10. The van der Waals surface area contributed by atoms with E-state index in [1.165, 1.54) is 0 Å². The molecule has 2 rings (SSSR count). The molecule has 0 saturated heterocycles. The van der Waals surface area contributed by atoms with Gasteiger partial charge in [0.15, 0.2) is 0 Å². The lowest BCUT2D eigenvalue weighted by Crippen LogP contribution is -2.30. The summed E-state index contributed by atoms with van der Waals surface area (Å²) in [7, 11) is 0. The first-order chi connectivity index (χ1) is 10.1. The summed E-state index contributed by atoms with van der Waals surface area (Å²) < 4.78 is 1.05. The second kappa shape index (κ2) is 7.38. The van der Waals surface area contributed by atoms with Crippen LogP contribution in [0.25, 0.3) is 0 Å².